The number of hydrogen-bond acceptors (Lipinski definition) is 3. The minimum atomic E-state index is -0.273. The summed E-state index contributed by atoms with van der Waals surface area (Å²) < 4.78 is 7.27. The molecule has 4 nitrogen and oxygen atoms in total. The van der Waals surface area contributed by atoms with Crippen LogP contribution in [0.1, 0.15) is 92.4 Å². The van der Waals surface area contributed by atoms with Gasteiger partial charge in [-0.25, -0.2) is 9.78 Å². The van der Waals surface area contributed by atoms with Crippen LogP contribution < -0.4 is 0 Å². The van der Waals surface area contributed by atoms with E-state index in [-0.39, 0.29) is 5.97 Å². The molecule has 21 heavy (non-hydrogen) atoms. The van der Waals surface area contributed by atoms with Gasteiger partial charge in [0.05, 0.1) is 19.1 Å². The van der Waals surface area contributed by atoms with Gasteiger partial charge in [-0.15, -0.1) is 0 Å². The molecule has 3 rings (SSSR count). The number of nitrogens with zero attached hydrogens (tertiary/aromatic N) is 2. The number of aromatic nitrogens is 2. The highest BCUT2D eigenvalue weighted by Gasteiger charge is 2.29. The van der Waals surface area contributed by atoms with Crippen LogP contribution in [0.5, 0.6) is 0 Å². The van der Waals surface area contributed by atoms with Crippen molar-refractivity contribution in [3.63, 3.8) is 0 Å². The Hall–Kier alpha value is -1.32. The van der Waals surface area contributed by atoms with Crippen molar-refractivity contribution >= 4 is 5.97 Å². The smallest absolute Gasteiger partial charge is 0.358 e. The van der Waals surface area contributed by atoms with E-state index in [1.165, 1.54) is 71.3 Å². The minimum absolute atomic E-state index is 0.273. The van der Waals surface area contributed by atoms with Crippen LogP contribution in [0.15, 0.2) is 6.33 Å². The average Bonchev–Trinajstić information content (AvgIpc) is 3.00. The second-order valence-electron chi connectivity index (χ2n) is 6.50. The highest BCUT2D eigenvalue weighted by Crippen LogP contribution is 2.38. The van der Waals surface area contributed by atoms with Crippen molar-refractivity contribution in [1.82, 2.24) is 9.55 Å². The second kappa shape index (κ2) is 6.63. The molecule has 0 aliphatic heterocycles. The van der Waals surface area contributed by atoms with E-state index in [1.54, 1.807) is 0 Å². The summed E-state index contributed by atoms with van der Waals surface area (Å²) in [5.74, 6) is 0.211. The van der Waals surface area contributed by atoms with Gasteiger partial charge in [0.15, 0.2) is 5.69 Å². The molecule has 0 unspecified atom stereocenters. The number of methoxy groups -OCH3 is 1. The lowest BCUT2D eigenvalue weighted by molar-refractivity contribution is 0.0591. The largest absolute Gasteiger partial charge is 0.464 e. The van der Waals surface area contributed by atoms with E-state index in [0.29, 0.717) is 17.7 Å². The number of carbonyl (C=O) groups excluding carboxylic acids is 1. The van der Waals surface area contributed by atoms with Crippen molar-refractivity contribution in [2.45, 2.75) is 76.2 Å². The van der Waals surface area contributed by atoms with Gasteiger partial charge >= 0.3 is 5.97 Å². The van der Waals surface area contributed by atoms with Gasteiger partial charge in [-0.05, 0) is 25.7 Å². The van der Waals surface area contributed by atoms with Crippen LogP contribution in [-0.4, -0.2) is 22.6 Å². The molecule has 0 bridgehead atoms. The monoisotopic (exact) mass is 290 g/mol. The lowest BCUT2D eigenvalue weighted by Gasteiger charge is -2.29. The Kier molecular flexibility index (Phi) is 4.61. The van der Waals surface area contributed by atoms with Gasteiger partial charge in [0.1, 0.15) is 0 Å². The van der Waals surface area contributed by atoms with Gasteiger partial charge in [0.2, 0.25) is 0 Å². The Morgan fingerprint density at radius 3 is 2.33 bits per heavy atom. The fourth-order valence-corrected chi connectivity index (χ4v) is 4.05. The first-order valence-corrected chi connectivity index (χ1v) is 8.46. The summed E-state index contributed by atoms with van der Waals surface area (Å²) >= 11 is 0. The number of hydrogen-bond donors (Lipinski definition) is 0. The summed E-state index contributed by atoms with van der Waals surface area (Å²) in [6.07, 6.45) is 14.5. The van der Waals surface area contributed by atoms with Crippen molar-refractivity contribution in [3.8, 4) is 0 Å². The summed E-state index contributed by atoms with van der Waals surface area (Å²) in [4.78, 5) is 16.5. The third-order valence-corrected chi connectivity index (χ3v) is 5.17. The van der Waals surface area contributed by atoms with E-state index >= 15 is 0 Å². The van der Waals surface area contributed by atoms with Crippen molar-refractivity contribution in [2.75, 3.05) is 7.11 Å². The van der Waals surface area contributed by atoms with Crippen LogP contribution in [0.2, 0.25) is 0 Å². The molecule has 0 amide bonds. The first-order valence-electron chi connectivity index (χ1n) is 8.46. The summed E-state index contributed by atoms with van der Waals surface area (Å²) in [7, 11) is 1.45. The SMILES string of the molecule is COC(=O)c1ncn(C2CCCCC2)c1C1CCCCC1. The molecule has 1 aromatic heterocycles. The number of rotatable bonds is 3. The predicted octanol–water partition coefficient (Wildman–Crippen LogP) is 4.22. The van der Waals surface area contributed by atoms with Gasteiger partial charge in [-0.1, -0.05) is 38.5 Å². The number of carbonyl (C=O) groups is 1. The number of imidazole rings is 1. The number of ether oxygens (including phenoxy) is 1. The van der Waals surface area contributed by atoms with E-state index in [9.17, 15) is 4.79 Å². The van der Waals surface area contributed by atoms with E-state index in [1.807, 2.05) is 6.33 Å². The molecule has 4 heteroatoms. The second-order valence-corrected chi connectivity index (χ2v) is 6.50. The molecule has 2 aliphatic carbocycles. The molecule has 0 aromatic carbocycles. The topological polar surface area (TPSA) is 44.1 Å². The zero-order valence-electron chi connectivity index (χ0n) is 13.0. The first-order chi connectivity index (χ1) is 10.3. The maximum absolute atomic E-state index is 12.1. The molecule has 2 fully saturated rings. The highest BCUT2D eigenvalue weighted by atomic mass is 16.5. The number of esters is 1. The molecule has 2 saturated carbocycles. The van der Waals surface area contributed by atoms with Crippen LogP contribution in [-0.2, 0) is 4.74 Å². The molecular formula is C17H26N2O2. The highest BCUT2D eigenvalue weighted by molar-refractivity contribution is 5.88. The molecule has 0 saturated heterocycles. The maximum Gasteiger partial charge on any atom is 0.358 e. The van der Waals surface area contributed by atoms with Gasteiger partial charge in [0.25, 0.3) is 0 Å². The van der Waals surface area contributed by atoms with Crippen LogP contribution in [0, 0.1) is 0 Å². The standard InChI is InChI=1S/C17H26N2O2/c1-21-17(20)15-16(13-8-4-2-5-9-13)19(12-18-15)14-10-6-3-7-11-14/h12-14H,2-11H2,1H3. The van der Waals surface area contributed by atoms with Crippen LogP contribution in [0.25, 0.3) is 0 Å². The summed E-state index contributed by atoms with van der Waals surface area (Å²) in [6.45, 7) is 0. The Balaban J connectivity index is 1.94. The normalized spacial score (nSPS) is 21.4. The van der Waals surface area contributed by atoms with E-state index < -0.39 is 0 Å². The van der Waals surface area contributed by atoms with E-state index in [4.69, 9.17) is 4.74 Å². The summed E-state index contributed by atoms with van der Waals surface area (Å²) in [5, 5.41) is 0. The zero-order valence-corrected chi connectivity index (χ0v) is 13.0. The Labute approximate surface area is 126 Å². The lowest BCUT2D eigenvalue weighted by atomic mass is 9.85. The molecule has 0 radical (unpaired) electrons. The molecule has 1 aromatic rings. The predicted molar refractivity (Wildman–Crippen MR) is 81.5 cm³/mol. The Morgan fingerprint density at radius 2 is 1.71 bits per heavy atom. The van der Waals surface area contributed by atoms with Gasteiger partial charge < -0.3 is 9.30 Å². The fraction of sp³-hybridized carbons (Fsp3) is 0.765. The molecule has 1 heterocycles. The maximum atomic E-state index is 12.1. The Bertz CT molecular complexity index is 483. The summed E-state index contributed by atoms with van der Waals surface area (Å²) in [6, 6.07) is 0.529. The first kappa shape index (κ1) is 14.6. The third kappa shape index (κ3) is 2.99. The van der Waals surface area contributed by atoms with Crippen molar-refractivity contribution < 1.29 is 9.53 Å². The zero-order chi connectivity index (χ0) is 14.7. The van der Waals surface area contributed by atoms with E-state index in [2.05, 4.69) is 9.55 Å². The van der Waals surface area contributed by atoms with Gasteiger partial charge in [0, 0.05) is 12.0 Å². The van der Waals surface area contributed by atoms with Gasteiger partial charge in [-0.3, -0.25) is 0 Å². The van der Waals surface area contributed by atoms with Crippen LogP contribution in [0.4, 0.5) is 0 Å². The van der Waals surface area contributed by atoms with Gasteiger partial charge in [-0.2, -0.15) is 0 Å². The molecule has 2 aliphatic rings. The lowest BCUT2D eigenvalue weighted by Crippen LogP contribution is -2.20. The minimum Gasteiger partial charge on any atom is -0.464 e. The molecule has 0 N–H and O–H groups in total. The average molecular weight is 290 g/mol. The molecular weight excluding hydrogens is 264 g/mol. The van der Waals surface area contributed by atoms with Crippen molar-refractivity contribution in [2.24, 2.45) is 0 Å². The summed E-state index contributed by atoms with van der Waals surface area (Å²) in [5.41, 5.74) is 1.73. The van der Waals surface area contributed by atoms with Crippen molar-refractivity contribution in [1.29, 1.82) is 0 Å². The van der Waals surface area contributed by atoms with Crippen LogP contribution in [0.3, 0.4) is 0 Å². The van der Waals surface area contributed by atoms with Crippen LogP contribution >= 0.6 is 0 Å². The van der Waals surface area contributed by atoms with Crippen molar-refractivity contribution in [3.05, 3.63) is 17.7 Å². The fourth-order valence-electron chi connectivity index (χ4n) is 4.05. The molecule has 0 spiro atoms. The molecule has 0 atom stereocenters. The molecule has 116 valence electrons. The van der Waals surface area contributed by atoms with E-state index in [0.717, 1.165) is 5.69 Å². The Morgan fingerprint density at radius 1 is 1.10 bits per heavy atom. The quantitative estimate of drug-likeness (QED) is 0.783. The third-order valence-electron chi connectivity index (χ3n) is 5.17.